The first kappa shape index (κ1) is 8.67. The van der Waals surface area contributed by atoms with E-state index in [1.807, 2.05) is 4.67 Å². The van der Waals surface area contributed by atoms with Gasteiger partial charge in [-0.15, -0.1) is 0 Å². The van der Waals surface area contributed by atoms with Gasteiger partial charge in [-0.3, -0.25) is 9.46 Å². The van der Waals surface area contributed by atoms with Gasteiger partial charge < -0.3 is 0 Å². The second-order valence-corrected chi connectivity index (χ2v) is 6.82. The van der Waals surface area contributed by atoms with Gasteiger partial charge in [-0.1, -0.05) is 12.2 Å². The molecule has 0 radical (unpaired) electrons. The topological polar surface area (TPSA) is 20.3 Å². The van der Waals surface area contributed by atoms with E-state index in [2.05, 4.69) is 25.3 Å². The molecule has 0 saturated carbocycles. The van der Waals surface area contributed by atoms with Crippen molar-refractivity contribution in [3.8, 4) is 0 Å². The molecule has 1 unspecified atom stereocenters. The van der Waals surface area contributed by atoms with Gasteiger partial charge in [0.1, 0.15) is 0 Å². The van der Waals surface area contributed by atoms with Gasteiger partial charge in [0.2, 0.25) is 5.91 Å². The maximum atomic E-state index is 11.5. The number of nitrogens with zero attached hydrogens (tertiary/aromatic N) is 1. The molecule has 3 heteroatoms. The highest BCUT2D eigenvalue weighted by atomic mass is 31.1. The molecule has 2 nitrogen and oxygen atoms in total. The average Bonchev–Trinajstić information content (AvgIpc) is 2.75. The molecule has 1 fully saturated rings. The van der Waals surface area contributed by atoms with Crippen molar-refractivity contribution in [2.24, 2.45) is 5.92 Å². The van der Waals surface area contributed by atoms with Crippen LogP contribution in [0.25, 0.3) is 0 Å². The summed E-state index contributed by atoms with van der Waals surface area (Å²) in [5.74, 6) is 0.950. The fourth-order valence-corrected chi connectivity index (χ4v) is 6.44. The summed E-state index contributed by atoms with van der Waals surface area (Å²) in [4.78, 5) is 11.5. The van der Waals surface area contributed by atoms with Crippen molar-refractivity contribution in [2.75, 3.05) is 0 Å². The summed E-state index contributed by atoms with van der Waals surface area (Å²) in [5.41, 5.74) is 2.78. The summed E-state index contributed by atoms with van der Waals surface area (Å²) in [6, 6.07) is 0. The van der Waals surface area contributed by atoms with Gasteiger partial charge in [0, 0.05) is 32.5 Å². The lowest BCUT2D eigenvalue weighted by Gasteiger charge is -2.28. The van der Waals surface area contributed by atoms with Crippen molar-refractivity contribution in [1.82, 2.24) is 4.67 Å². The van der Waals surface area contributed by atoms with Gasteiger partial charge in [-0.2, -0.15) is 0 Å². The molecular weight excluding hydrogens is 193 g/mol. The summed E-state index contributed by atoms with van der Waals surface area (Å²) in [7, 11) is -0.245. The van der Waals surface area contributed by atoms with Crippen LogP contribution in [0.4, 0.5) is 0 Å². The molecule has 3 aliphatic rings. The van der Waals surface area contributed by atoms with E-state index < -0.39 is 0 Å². The van der Waals surface area contributed by atoms with Gasteiger partial charge in [-0.05, 0) is 24.8 Å². The quantitative estimate of drug-likeness (QED) is 0.441. The Morgan fingerprint density at radius 1 is 1.57 bits per heavy atom. The maximum Gasteiger partial charge on any atom is 0.226 e. The van der Waals surface area contributed by atoms with E-state index in [-0.39, 0.29) is 14.0 Å². The minimum atomic E-state index is -0.245. The maximum absolute atomic E-state index is 11.5. The first-order valence-corrected chi connectivity index (χ1v) is 6.56. The van der Waals surface area contributed by atoms with Gasteiger partial charge in [0.25, 0.3) is 0 Å². The van der Waals surface area contributed by atoms with Crippen LogP contribution in [0.1, 0.15) is 20.3 Å². The Labute approximate surface area is 85.5 Å². The number of carbonyl (C=O) groups is 1. The number of carbonyl (C=O) groups excluding carboxylic acids is 1. The third-order valence-corrected chi connectivity index (χ3v) is 6.81. The van der Waals surface area contributed by atoms with Crippen molar-refractivity contribution >= 4 is 14.0 Å². The van der Waals surface area contributed by atoms with Gasteiger partial charge in [0.05, 0.1) is 0 Å². The molecule has 2 heterocycles. The van der Waals surface area contributed by atoms with Crippen LogP contribution in [-0.4, -0.2) is 21.9 Å². The fourth-order valence-electron chi connectivity index (χ4n) is 2.97. The molecule has 0 aromatic heterocycles. The van der Waals surface area contributed by atoms with E-state index in [9.17, 15) is 4.79 Å². The minimum absolute atomic E-state index is 0.221. The van der Waals surface area contributed by atoms with Crippen molar-refractivity contribution in [1.29, 1.82) is 0 Å². The SMILES string of the molecule is CC(=O)N1C=C(C)[C@@H]2[C@H]3C=C[C@H](C3)P21. The largest absolute Gasteiger partial charge is 0.297 e. The predicted molar refractivity (Wildman–Crippen MR) is 58.0 cm³/mol. The van der Waals surface area contributed by atoms with Gasteiger partial charge in [0.15, 0.2) is 0 Å². The summed E-state index contributed by atoms with van der Waals surface area (Å²) in [5, 5.41) is 0. The Balaban J connectivity index is 2.00. The third kappa shape index (κ3) is 0.926. The smallest absolute Gasteiger partial charge is 0.226 e. The number of amides is 1. The molecule has 1 saturated heterocycles. The molecule has 0 aromatic rings. The average molecular weight is 207 g/mol. The molecule has 2 aliphatic heterocycles. The molecule has 74 valence electrons. The summed E-state index contributed by atoms with van der Waals surface area (Å²) >= 11 is 0. The van der Waals surface area contributed by atoms with Crippen molar-refractivity contribution < 1.29 is 4.79 Å². The second kappa shape index (κ2) is 2.70. The highest BCUT2D eigenvalue weighted by Gasteiger charge is 2.51. The van der Waals surface area contributed by atoms with E-state index in [0.717, 1.165) is 5.92 Å². The summed E-state index contributed by atoms with van der Waals surface area (Å²) < 4.78 is 2.02. The third-order valence-electron chi connectivity index (χ3n) is 3.49. The first-order valence-electron chi connectivity index (χ1n) is 5.13. The Morgan fingerprint density at radius 3 is 3.07 bits per heavy atom. The monoisotopic (exact) mass is 207 g/mol. The van der Waals surface area contributed by atoms with Crippen LogP contribution < -0.4 is 0 Å². The Hall–Kier alpha value is -0.620. The molecule has 3 rings (SSSR count). The molecule has 0 spiro atoms. The Morgan fingerprint density at radius 2 is 2.36 bits per heavy atom. The van der Waals surface area contributed by atoms with E-state index in [0.29, 0.717) is 11.3 Å². The van der Waals surface area contributed by atoms with Crippen LogP contribution in [0.2, 0.25) is 0 Å². The molecule has 4 atom stereocenters. The minimum Gasteiger partial charge on any atom is -0.297 e. The van der Waals surface area contributed by atoms with Gasteiger partial charge >= 0.3 is 0 Å². The second-order valence-electron chi connectivity index (χ2n) is 4.41. The van der Waals surface area contributed by atoms with Crippen LogP contribution in [0.15, 0.2) is 23.9 Å². The van der Waals surface area contributed by atoms with Crippen molar-refractivity contribution in [2.45, 2.75) is 31.6 Å². The standard InChI is InChI=1S/C11H14NOP/c1-7-6-12(8(2)13)14-10-4-3-9(5-10)11(7)14/h3-4,6,9-11H,5H2,1-2H3/t9-,10+,11+,14?/m0/s1. The lowest BCUT2D eigenvalue weighted by molar-refractivity contribution is -0.122. The van der Waals surface area contributed by atoms with E-state index in [1.54, 1.807) is 6.92 Å². The van der Waals surface area contributed by atoms with Crippen molar-refractivity contribution in [3.63, 3.8) is 0 Å². The van der Waals surface area contributed by atoms with Crippen LogP contribution in [0.3, 0.4) is 0 Å². The highest BCUT2D eigenvalue weighted by molar-refractivity contribution is 7.59. The van der Waals surface area contributed by atoms with Crippen LogP contribution in [0, 0.1) is 5.92 Å². The lowest BCUT2D eigenvalue weighted by atomic mass is 10.0. The zero-order valence-corrected chi connectivity index (χ0v) is 9.37. The fraction of sp³-hybridized carbons (Fsp3) is 0.545. The highest BCUT2D eigenvalue weighted by Crippen LogP contribution is 2.69. The number of hydrogen-bond donors (Lipinski definition) is 0. The van der Waals surface area contributed by atoms with Gasteiger partial charge in [-0.25, -0.2) is 0 Å². The van der Waals surface area contributed by atoms with Crippen LogP contribution >= 0.6 is 8.07 Å². The first-order chi connectivity index (χ1) is 6.68. The normalized spacial score (nSPS) is 43.0. The Bertz CT molecular complexity index is 360. The van der Waals surface area contributed by atoms with Crippen LogP contribution in [0.5, 0.6) is 0 Å². The molecule has 14 heavy (non-hydrogen) atoms. The van der Waals surface area contributed by atoms with Crippen molar-refractivity contribution in [3.05, 3.63) is 23.9 Å². The molecule has 2 bridgehead atoms. The van der Waals surface area contributed by atoms with E-state index in [1.165, 1.54) is 12.0 Å². The Kier molecular flexibility index (Phi) is 1.67. The molecule has 1 aliphatic carbocycles. The zero-order chi connectivity index (χ0) is 9.87. The van der Waals surface area contributed by atoms with E-state index in [4.69, 9.17) is 0 Å². The predicted octanol–water partition coefficient (Wildman–Crippen LogP) is 2.48. The number of fused-ring (bicyclic) bond motifs is 5. The molecule has 0 N–H and O–H groups in total. The molecule has 0 aromatic carbocycles. The zero-order valence-electron chi connectivity index (χ0n) is 8.47. The summed E-state index contributed by atoms with van der Waals surface area (Å²) in [6.07, 6.45) is 8.06. The number of allylic oxidation sites excluding steroid dienone is 3. The van der Waals surface area contributed by atoms with E-state index >= 15 is 0 Å². The number of hydrogen-bond acceptors (Lipinski definition) is 1. The number of rotatable bonds is 0. The van der Waals surface area contributed by atoms with Crippen LogP contribution in [-0.2, 0) is 4.79 Å². The lowest BCUT2D eigenvalue weighted by Crippen LogP contribution is -2.20. The molecule has 1 amide bonds. The summed E-state index contributed by atoms with van der Waals surface area (Å²) in [6.45, 7) is 3.86. The molecular formula is C11H14NOP.